The van der Waals surface area contributed by atoms with Crippen molar-refractivity contribution < 1.29 is 4.79 Å². The van der Waals surface area contributed by atoms with E-state index in [0.29, 0.717) is 5.92 Å². The van der Waals surface area contributed by atoms with E-state index in [0.717, 1.165) is 12.1 Å². The molecule has 1 aliphatic rings. The van der Waals surface area contributed by atoms with Crippen LogP contribution in [0.5, 0.6) is 0 Å². The van der Waals surface area contributed by atoms with Crippen LogP contribution in [0, 0.1) is 20.8 Å². The van der Waals surface area contributed by atoms with Gasteiger partial charge in [0.25, 0.3) is 11.5 Å². The van der Waals surface area contributed by atoms with E-state index in [2.05, 4.69) is 42.3 Å². The molecule has 1 aromatic heterocycles. The van der Waals surface area contributed by atoms with Crippen molar-refractivity contribution in [1.82, 2.24) is 10.3 Å². The first-order chi connectivity index (χ1) is 10.5. The lowest BCUT2D eigenvalue weighted by Gasteiger charge is -2.07. The highest BCUT2D eigenvalue weighted by molar-refractivity contribution is 5.94. The second-order valence-electron chi connectivity index (χ2n) is 6.15. The number of amides is 1. The SMILES string of the molecule is Cc1ccc(C(=O)N[C@H]2C[C@H]2c2ccc(C)c(C)c2)c(=O)[nH]1. The molecule has 22 heavy (non-hydrogen) atoms. The highest BCUT2D eigenvalue weighted by Crippen LogP contribution is 2.41. The average Bonchev–Trinajstić information content (AvgIpc) is 3.20. The van der Waals surface area contributed by atoms with Crippen molar-refractivity contribution in [2.45, 2.75) is 39.2 Å². The summed E-state index contributed by atoms with van der Waals surface area (Å²) in [5.74, 6) is 0.0605. The van der Waals surface area contributed by atoms with Crippen LogP contribution in [0.2, 0.25) is 0 Å². The summed E-state index contributed by atoms with van der Waals surface area (Å²) in [6, 6.07) is 9.87. The van der Waals surface area contributed by atoms with Gasteiger partial charge in [0.1, 0.15) is 5.56 Å². The summed E-state index contributed by atoms with van der Waals surface area (Å²) in [4.78, 5) is 26.6. The molecule has 0 unspecified atom stereocenters. The first-order valence-corrected chi connectivity index (χ1v) is 7.53. The van der Waals surface area contributed by atoms with Gasteiger partial charge in [-0.1, -0.05) is 18.2 Å². The fourth-order valence-electron chi connectivity index (χ4n) is 2.72. The molecule has 0 spiro atoms. The zero-order valence-electron chi connectivity index (χ0n) is 13.1. The number of rotatable bonds is 3. The van der Waals surface area contributed by atoms with E-state index in [4.69, 9.17) is 0 Å². The van der Waals surface area contributed by atoms with Crippen LogP contribution < -0.4 is 10.9 Å². The molecule has 114 valence electrons. The molecular formula is C18H20N2O2. The van der Waals surface area contributed by atoms with Gasteiger partial charge in [0, 0.05) is 17.7 Å². The molecule has 1 aliphatic carbocycles. The third-order valence-corrected chi connectivity index (χ3v) is 4.37. The van der Waals surface area contributed by atoms with Gasteiger partial charge in [0.2, 0.25) is 0 Å². The number of hydrogen-bond acceptors (Lipinski definition) is 2. The molecule has 1 saturated carbocycles. The fourth-order valence-corrected chi connectivity index (χ4v) is 2.72. The van der Waals surface area contributed by atoms with Gasteiger partial charge in [-0.3, -0.25) is 9.59 Å². The van der Waals surface area contributed by atoms with E-state index < -0.39 is 0 Å². The van der Waals surface area contributed by atoms with Gasteiger partial charge >= 0.3 is 0 Å². The van der Waals surface area contributed by atoms with Crippen LogP contribution in [0.3, 0.4) is 0 Å². The summed E-state index contributed by atoms with van der Waals surface area (Å²) in [6.07, 6.45) is 0.929. The summed E-state index contributed by atoms with van der Waals surface area (Å²) >= 11 is 0. The van der Waals surface area contributed by atoms with Crippen LogP contribution >= 0.6 is 0 Å². The van der Waals surface area contributed by atoms with E-state index in [9.17, 15) is 9.59 Å². The smallest absolute Gasteiger partial charge is 0.260 e. The Morgan fingerprint density at radius 1 is 1.14 bits per heavy atom. The molecule has 1 heterocycles. The Morgan fingerprint density at radius 3 is 2.59 bits per heavy atom. The van der Waals surface area contributed by atoms with E-state index in [1.807, 2.05) is 0 Å². The van der Waals surface area contributed by atoms with E-state index in [1.165, 1.54) is 16.7 Å². The second-order valence-corrected chi connectivity index (χ2v) is 6.15. The molecule has 2 atom stereocenters. The molecule has 2 aromatic rings. The van der Waals surface area contributed by atoms with Gasteiger partial charge in [0.15, 0.2) is 0 Å². The minimum absolute atomic E-state index is 0.121. The maximum Gasteiger partial charge on any atom is 0.260 e. The molecule has 4 heteroatoms. The van der Waals surface area contributed by atoms with E-state index in [-0.39, 0.29) is 23.1 Å². The first kappa shape index (κ1) is 14.6. The quantitative estimate of drug-likeness (QED) is 0.914. The Morgan fingerprint density at radius 2 is 1.91 bits per heavy atom. The highest BCUT2D eigenvalue weighted by Gasteiger charge is 2.39. The van der Waals surface area contributed by atoms with E-state index >= 15 is 0 Å². The van der Waals surface area contributed by atoms with Crippen molar-refractivity contribution in [2.75, 3.05) is 0 Å². The lowest BCUT2D eigenvalue weighted by Crippen LogP contribution is -2.31. The number of hydrogen-bond donors (Lipinski definition) is 2. The molecule has 0 aliphatic heterocycles. The minimum atomic E-state index is -0.333. The number of aromatic nitrogens is 1. The standard InChI is InChI=1S/C18H20N2O2/c1-10-4-6-13(8-11(10)2)15-9-16(15)20-18(22)14-7-5-12(3)19-17(14)21/h4-8,15-16H,9H2,1-3H3,(H,19,21)(H,20,22)/t15-,16-/m0/s1. The number of aryl methyl sites for hydroxylation is 3. The lowest BCUT2D eigenvalue weighted by molar-refractivity contribution is 0.0949. The molecular weight excluding hydrogens is 276 g/mol. The molecule has 4 nitrogen and oxygen atoms in total. The monoisotopic (exact) mass is 296 g/mol. The fraction of sp³-hybridized carbons (Fsp3) is 0.333. The van der Waals surface area contributed by atoms with Crippen molar-refractivity contribution in [3.05, 3.63) is 68.6 Å². The van der Waals surface area contributed by atoms with Gasteiger partial charge in [0.05, 0.1) is 0 Å². The molecule has 0 radical (unpaired) electrons. The van der Waals surface area contributed by atoms with E-state index in [1.54, 1.807) is 19.1 Å². The Hall–Kier alpha value is -2.36. The van der Waals surface area contributed by atoms with Gasteiger partial charge in [-0.15, -0.1) is 0 Å². The van der Waals surface area contributed by atoms with Crippen molar-refractivity contribution in [3.63, 3.8) is 0 Å². The van der Waals surface area contributed by atoms with Gasteiger partial charge in [-0.25, -0.2) is 0 Å². The predicted octanol–water partition coefficient (Wildman–Crippen LogP) is 2.59. The number of carbonyl (C=O) groups is 1. The van der Waals surface area contributed by atoms with Crippen LogP contribution in [0.25, 0.3) is 0 Å². The number of benzene rings is 1. The predicted molar refractivity (Wildman–Crippen MR) is 86.3 cm³/mol. The zero-order valence-corrected chi connectivity index (χ0v) is 13.1. The largest absolute Gasteiger partial charge is 0.348 e. The van der Waals surface area contributed by atoms with Gasteiger partial charge in [-0.2, -0.15) is 0 Å². The molecule has 1 aromatic carbocycles. The van der Waals surface area contributed by atoms with Crippen LogP contribution in [-0.4, -0.2) is 16.9 Å². The highest BCUT2D eigenvalue weighted by atomic mass is 16.2. The van der Waals surface area contributed by atoms with Crippen molar-refractivity contribution in [2.24, 2.45) is 0 Å². The summed E-state index contributed by atoms with van der Waals surface area (Å²) in [6.45, 7) is 5.98. The second kappa shape index (κ2) is 5.44. The number of aromatic amines is 1. The van der Waals surface area contributed by atoms with Crippen LogP contribution in [0.1, 0.15) is 45.1 Å². The minimum Gasteiger partial charge on any atom is -0.348 e. The molecule has 2 N–H and O–H groups in total. The third-order valence-electron chi connectivity index (χ3n) is 4.37. The van der Waals surface area contributed by atoms with Crippen molar-refractivity contribution in [3.8, 4) is 0 Å². The van der Waals surface area contributed by atoms with Crippen molar-refractivity contribution in [1.29, 1.82) is 0 Å². The molecule has 1 amide bonds. The molecule has 1 fully saturated rings. The summed E-state index contributed by atoms with van der Waals surface area (Å²) < 4.78 is 0. The molecule has 0 bridgehead atoms. The Labute approximate surface area is 129 Å². The van der Waals surface area contributed by atoms with Crippen molar-refractivity contribution >= 4 is 5.91 Å². The van der Waals surface area contributed by atoms with Crippen LogP contribution in [0.4, 0.5) is 0 Å². The van der Waals surface area contributed by atoms with Gasteiger partial charge < -0.3 is 10.3 Å². The van der Waals surface area contributed by atoms with Crippen LogP contribution in [0.15, 0.2) is 35.1 Å². The topological polar surface area (TPSA) is 62.0 Å². The summed E-state index contributed by atoms with van der Waals surface area (Å²) in [5, 5.41) is 2.95. The maximum atomic E-state index is 12.2. The first-order valence-electron chi connectivity index (χ1n) is 7.53. The Bertz CT molecular complexity index is 792. The number of pyridine rings is 1. The zero-order chi connectivity index (χ0) is 15.9. The maximum absolute atomic E-state index is 12.2. The summed E-state index contributed by atoms with van der Waals surface area (Å²) in [5.41, 5.74) is 4.39. The molecule has 0 saturated heterocycles. The van der Waals surface area contributed by atoms with Crippen LogP contribution in [-0.2, 0) is 0 Å². The third kappa shape index (κ3) is 2.82. The molecule has 3 rings (SSSR count). The Kier molecular flexibility index (Phi) is 3.61. The summed E-state index contributed by atoms with van der Waals surface area (Å²) in [7, 11) is 0. The average molecular weight is 296 g/mol. The Balaban J connectivity index is 1.69. The number of H-pyrrole nitrogens is 1. The number of nitrogens with one attached hydrogen (secondary N) is 2. The van der Waals surface area contributed by atoms with Gasteiger partial charge in [-0.05, 0) is 56.0 Å². The lowest BCUT2D eigenvalue weighted by atomic mass is 10.0. The normalized spacial score (nSPS) is 19.8. The number of carbonyl (C=O) groups excluding carboxylic acids is 1.